The molecule has 2 N–H and O–H groups in total. The molecule has 2 aromatic rings. The van der Waals surface area contributed by atoms with Crippen LogP contribution in [0.3, 0.4) is 0 Å². The summed E-state index contributed by atoms with van der Waals surface area (Å²) in [5.41, 5.74) is 3.22. The van der Waals surface area contributed by atoms with Gasteiger partial charge in [-0.25, -0.2) is 9.78 Å². The first-order valence-electron chi connectivity index (χ1n) is 8.91. The van der Waals surface area contributed by atoms with Crippen LogP contribution < -0.4 is 15.5 Å². The highest BCUT2D eigenvalue weighted by atomic mass is 16.4. The number of urea groups is 1. The van der Waals surface area contributed by atoms with Gasteiger partial charge in [-0.2, -0.15) is 0 Å². The third-order valence-electron chi connectivity index (χ3n) is 4.60. The van der Waals surface area contributed by atoms with Gasteiger partial charge in [-0.15, -0.1) is 0 Å². The molecule has 1 aliphatic heterocycles. The molecule has 0 radical (unpaired) electrons. The van der Waals surface area contributed by atoms with Crippen LogP contribution in [-0.4, -0.2) is 24.1 Å². The van der Waals surface area contributed by atoms with E-state index in [-0.39, 0.29) is 12.6 Å². The van der Waals surface area contributed by atoms with Crippen molar-refractivity contribution in [3.63, 3.8) is 0 Å². The molecule has 1 aliphatic rings. The third kappa shape index (κ3) is 4.53. The molecule has 1 aromatic carbocycles. The highest BCUT2D eigenvalue weighted by Crippen LogP contribution is 2.23. The molecule has 1 fully saturated rings. The number of benzene rings is 1. The predicted octanol–water partition coefficient (Wildman–Crippen LogP) is 3.28. The zero-order valence-electron chi connectivity index (χ0n) is 15.0. The van der Waals surface area contributed by atoms with E-state index in [1.165, 1.54) is 24.9 Å². The number of nitrogens with zero attached hydrogens (tertiary/aromatic N) is 2. The summed E-state index contributed by atoms with van der Waals surface area (Å²) in [6.45, 7) is 6.72. The average Bonchev–Trinajstić information content (AvgIpc) is 2.97. The Morgan fingerprint density at radius 3 is 2.56 bits per heavy atom. The normalized spacial score (nSPS) is 14.4. The molecule has 6 nitrogen and oxygen atoms in total. The highest BCUT2D eigenvalue weighted by molar-refractivity contribution is 5.74. The van der Waals surface area contributed by atoms with Crippen molar-refractivity contribution in [2.75, 3.05) is 18.0 Å². The molecule has 0 spiro atoms. The fourth-order valence-corrected chi connectivity index (χ4v) is 3.11. The number of carbonyl (C=O) groups is 1. The average molecular weight is 342 g/mol. The second-order valence-corrected chi connectivity index (χ2v) is 6.46. The minimum atomic E-state index is -0.220. The van der Waals surface area contributed by atoms with Crippen LogP contribution in [0.1, 0.15) is 42.2 Å². The molecule has 3 rings (SSSR count). The Balaban J connectivity index is 1.53. The maximum absolute atomic E-state index is 12.1. The maximum atomic E-state index is 12.1. The molecule has 134 valence electrons. The molecule has 0 aliphatic carbocycles. The largest absolute Gasteiger partial charge is 0.444 e. The first kappa shape index (κ1) is 17.3. The number of rotatable bonds is 5. The first-order chi connectivity index (χ1) is 12.1. The van der Waals surface area contributed by atoms with Crippen LogP contribution in [0, 0.1) is 13.8 Å². The molecule has 6 heteroatoms. The Morgan fingerprint density at radius 1 is 1.12 bits per heavy atom. The summed E-state index contributed by atoms with van der Waals surface area (Å²) in [5, 5.41) is 5.71. The first-order valence-corrected chi connectivity index (χ1v) is 8.91. The van der Waals surface area contributed by atoms with Gasteiger partial charge in [-0.1, -0.05) is 18.2 Å². The summed E-state index contributed by atoms with van der Waals surface area (Å²) < 4.78 is 5.47. The third-order valence-corrected chi connectivity index (χ3v) is 4.60. The molecule has 2 amide bonds. The Bertz CT molecular complexity index is 700. The van der Waals surface area contributed by atoms with Gasteiger partial charge in [0.15, 0.2) is 0 Å². The lowest BCUT2D eigenvalue weighted by Crippen LogP contribution is -2.35. The van der Waals surface area contributed by atoms with Crippen molar-refractivity contribution in [3.8, 4) is 0 Å². The number of nitrogens with one attached hydrogen (secondary N) is 2. The van der Waals surface area contributed by atoms with E-state index < -0.39 is 0 Å². The Morgan fingerprint density at radius 2 is 1.84 bits per heavy atom. The molecule has 0 saturated carbocycles. The number of hydrogen-bond donors (Lipinski definition) is 2. The minimum Gasteiger partial charge on any atom is -0.444 e. The number of para-hydroxylation sites is 1. The van der Waals surface area contributed by atoms with Crippen LogP contribution in [0.2, 0.25) is 0 Å². The number of aromatic nitrogens is 1. The fraction of sp³-hybridized carbons (Fsp3) is 0.474. The van der Waals surface area contributed by atoms with Crippen LogP contribution >= 0.6 is 0 Å². The van der Waals surface area contributed by atoms with Crippen molar-refractivity contribution in [1.82, 2.24) is 15.6 Å². The van der Waals surface area contributed by atoms with Crippen LogP contribution in [0.4, 0.5) is 10.5 Å². The van der Waals surface area contributed by atoms with Crippen LogP contribution in [-0.2, 0) is 13.1 Å². The van der Waals surface area contributed by atoms with E-state index in [1.54, 1.807) is 0 Å². The number of aryl methyl sites for hydroxylation is 2. The Labute approximate surface area is 148 Å². The van der Waals surface area contributed by atoms with Crippen molar-refractivity contribution in [2.24, 2.45) is 0 Å². The van der Waals surface area contributed by atoms with Crippen LogP contribution in [0.5, 0.6) is 0 Å². The van der Waals surface area contributed by atoms with Crippen molar-refractivity contribution in [1.29, 1.82) is 0 Å². The van der Waals surface area contributed by atoms with E-state index in [4.69, 9.17) is 4.42 Å². The van der Waals surface area contributed by atoms with Crippen LogP contribution in [0.25, 0.3) is 0 Å². The minimum absolute atomic E-state index is 0.220. The number of anilines is 1. The summed E-state index contributed by atoms with van der Waals surface area (Å²) in [7, 11) is 0. The van der Waals surface area contributed by atoms with Gasteiger partial charge in [0.2, 0.25) is 5.89 Å². The maximum Gasteiger partial charge on any atom is 0.315 e. The fourth-order valence-electron chi connectivity index (χ4n) is 3.11. The van der Waals surface area contributed by atoms with Crippen LogP contribution in [0.15, 0.2) is 28.7 Å². The lowest BCUT2D eigenvalue weighted by molar-refractivity contribution is 0.239. The quantitative estimate of drug-likeness (QED) is 0.875. The molecule has 1 aromatic heterocycles. The van der Waals surface area contributed by atoms with Gasteiger partial charge in [-0.3, -0.25) is 0 Å². The summed E-state index contributed by atoms with van der Waals surface area (Å²) in [6.07, 6.45) is 3.77. The lowest BCUT2D eigenvalue weighted by atomic mass is 10.1. The monoisotopic (exact) mass is 342 g/mol. The van der Waals surface area contributed by atoms with Gasteiger partial charge in [0, 0.05) is 25.3 Å². The number of hydrogen-bond acceptors (Lipinski definition) is 4. The van der Waals surface area contributed by atoms with Gasteiger partial charge in [0.25, 0.3) is 0 Å². The Hall–Kier alpha value is -2.50. The summed E-state index contributed by atoms with van der Waals surface area (Å²) in [4.78, 5) is 18.7. The topological polar surface area (TPSA) is 70.4 Å². The van der Waals surface area contributed by atoms with E-state index in [9.17, 15) is 4.79 Å². The summed E-state index contributed by atoms with van der Waals surface area (Å²) >= 11 is 0. The molecule has 25 heavy (non-hydrogen) atoms. The lowest BCUT2D eigenvalue weighted by Gasteiger charge is -2.30. The SMILES string of the molecule is Cc1nc(CNC(=O)NCc2ccccc2N2CCCCC2)oc1C. The van der Waals surface area contributed by atoms with E-state index in [2.05, 4.69) is 38.7 Å². The molecule has 0 unspecified atom stereocenters. The van der Waals surface area contributed by atoms with E-state index in [1.807, 2.05) is 19.9 Å². The smallest absolute Gasteiger partial charge is 0.315 e. The van der Waals surface area contributed by atoms with E-state index >= 15 is 0 Å². The van der Waals surface area contributed by atoms with Crippen molar-refractivity contribution in [2.45, 2.75) is 46.2 Å². The molecule has 0 bridgehead atoms. The zero-order chi connectivity index (χ0) is 17.6. The molecular weight excluding hydrogens is 316 g/mol. The van der Waals surface area contributed by atoms with Gasteiger partial charge in [-0.05, 0) is 44.7 Å². The van der Waals surface area contributed by atoms with E-state index in [0.29, 0.717) is 12.4 Å². The highest BCUT2D eigenvalue weighted by Gasteiger charge is 2.14. The van der Waals surface area contributed by atoms with Gasteiger partial charge >= 0.3 is 6.03 Å². The van der Waals surface area contributed by atoms with Gasteiger partial charge in [0.05, 0.1) is 12.2 Å². The number of piperidine rings is 1. The van der Waals surface area contributed by atoms with Crippen molar-refractivity contribution in [3.05, 3.63) is 47.2 Å². The second-order valence-electron chi connectivity index (χ2n) is 6.46. The second kappa shape index (κ2) is 8.05. The van der Waals surface area contributed by atoms with E-state index in [0.717, 1.165) is 30.1 Å². The number of amides is 2. The molecule has 0 atom stereocenters. The molecule has 2 heterocycles. The zero-order valence-corrected chi connectivity index (χ0v) is 15.0. The summed E-state index contributed by atoms with van der Waals surface area (Å²) in [6, 6.07) is 8.06. The van der Waals surface area contributed by atoms with Gasteiger partial charge < -0.3 is 20.0 Å². The van der Waals surface area contributed by atoms with Gasteiger partial charge in [0.1, 0.15) is 5.76 Å². The standard InChI is InChI=1S/C19H26N4O2/c1-14-15(2)25-18(22-14)13-21-19(24)20-12-16-8-4-5-9-17(16)23-10-6-3-7-11-23/h4-5,8-9H,3,6-7,10-13H2,1-2H3,(H2,20,21,24). The molecule has 1 saturated heterocycles. The molecular formula is C19H26N4O2. The van der Waals surface area contributed by atoms with Crippen molar-refractivity contribution < 1.29 is 9.21 Å². The predicted molar refractivity (Wildman–Crippen MR) is 97.6 cm³/mol. The number of oxazole rings is 1. The number of carbonyl (C=O) groups excluding carboxylic acids is 1. The Kier molecular flexibility index (Phi) is 5.58. The summed E-state index contributed by atoms with van der Waals surface area (Å²) in [5.74, 6) is 1.31. The van der Waals surface area contributed by atoms with Crippen molar-refractivity contribution >= 4 is 11.7 Å².